The predicted octanol–water partition coefficient (Wildman–Crippen LogP) is 3.46. The van der Waals surface area contributed by atoms with Crippen molar-refractivity contribution >= 4 is 11.6 Å². The van der Waals surface area contributed by atoms with Gasteiger partial charge < -0.3 is 0 Å². The number of hydrogen-bond acceptors (Lipinski definition) is 0. The average molecular weight is 246 g/mol. The molecular weight excluding hydrogens is 223 g/mol. The van der Waals surface area contributed by atoms with Crippen molar-refractivity contribution in [2.75, 3.05) is 0 Å². The van der Waals surface area contributed by atoms with Gasteiger partial charge in [0.05, 0.1) is 5.56 Å². The van der Waals surface area contributed by atoms with Gasteiger partial charge in [0.15, 0.2) is 0 Å². The molecule has 0 amide bonds. The molecule has 18 heavy (non-hydrogen) atoms. The molecule has 0 bridgehead atoms. The normalized spacial score (nSPS) is 12.7. The monoisotopic (exact) mass is 246 g/mol. The molecule has 0 aliphatic rings. The first kappa shape index (κ1) is 16.4. The molecule has 0 heterocycles. The van der Waals surface area contributed by atoms with Gasteiger partial charge in [0, 0.05) is 0 Å². The summed E-state index contributed by atoms with van der Waals surface area (Å²) in [6.45, 7) is 12.1. The van der Waals surface area contributed by atoms with E-state index in [1.54, 1.807) is 6.07 Å². The maximum absolute atomic E-state index is 13.6. The van der Waals surface area contributed by atoms with Crippen LogP contribution in [0.25, 0.3) is 11.6 Å². The highest BCUT2D eigenvalue weighted by Crippen LogP contribution is 2.08. The molecule has 0 N–H and O–H groups in total. The fourth-order valence-corrected chi connectivity index (χ4v) is 1.69. The minimum atomic E-state index is -0.317. The smallest absolute Gasteiger partial charge is 0.139 e. The van der Waals surface area contributed by atoms with E-state index in [-0.39, 0.29) is 5.82 Å². The van der Waals surface area contributed by atoms with Crippen LogP contribution >= 0.6 is 0 Å². The molecule has 0 saturated carbocycles. The van der Waals surface area contributed by atoms with Crippen molar-refractivity contribution in [3.05, 3.63) is 34.0 Å². The van der Waals surface area contributed by atoms with Gasteiger partial charge in [-0.1, -0.05) is 51.3 Å². The number of rotatable bonds is 1. The lowest BCUT2D eigenvalue weighted by molar-refractivity contribution is 0.622. The van der Waals surface area contributed by atoms with Gasteiger partial charge in [-0.05, 0) is 36.3 Å². The van der Waals surface area contributed by atoms with Crippen LogP contribution in [-0.4, -0.2) is 0 Å². The summed E-state index contributed by atoms with van der Waals surface area (Å²) in [6.07, 6.45) is 7.36. The van der Waals surface area contributed by atoms with Crippen molar-refractivity contribution < 1.29 is 4.39 Å². The molecule has 0 saturated heterocycles. The van der Waals surface area contributed by atoms with Crippen LogP contribution in [0.1, 0.15) is 47.1 Å². The highest BCUT2D eigenvalue weighted by Gasteiger charge is 2.06. The largest absolute Gasteiger partial charge is 0.206 e. The Balaban J connectivity index is 0.00000137. The first-order valence-electron chi connectivity index (χ1n) is 6.45. The molecule has 0 spiro atoms. The minimum Gasteiger partial charge on any atom is -0.206 e. The van der Waals surface area contributed by atoms with E-state index < -0.39 is 0 Å². The second-order valence-electron chi connectivity index (χ2n) is 4.16. The van der Waals surface area contributed by atoms with E-state index in [0.29, 0.717) is 11.5 Å². The van der Waals surface area contributed by atoms with E-state index in [2.05, 4.69) is 19.8 Å². The third-order valence-electron chi connectivity index (χ3n) is 2.90. The maximum atomic E-state index is 13.6. The maximum Gasteiger partial charge on any atom is 0.139 e. The van der Waals surface area contributed by atoms with Gasteiger partial charge >= 0.3 is 0 Å². The molecule has 0 aliphatic heterocycles. The number of hydrogen-bond donors (Lipinski definition) is 0. The van der Waals surface area contributed by atoms with Gasteiger partial charge in [0.1, 0.15) is 5.82 Å². The van der Waals surface area contributed by atoms with E-state index in [0.717, 1.165) is 16.0 Å². The third kappa shape index (κ3) is 3.47. The SMILES string of the molecule is C#Cc1c(F)ccc(=C/C)/c1=C(\C)C(C)C.CC. The zero-order valence-electron chi connectivity index (χ0n) is 12.3. The van der Waals surface area contributed by atoms with E-state index in [1.165, 1.54) is 6.07 Å². The van der Waals surface area contributed by atoms with Gasteiger partial charge in [-0.25, -0.2) is 4.39 Å². The standard InChI is InChI=1S/C15H17F.C2H6/c1-6-12-8-9-14(16)13(7-2)15(12)11(5)10(3)4;1-2/h2,6,8-10H,1,3-5H3;1-2H3/b12-6-,15-11-;. The van der Waals surface area contributed by atoms with Crippen LogP contribution in [0.2, 0.25) is 0 Å². The zero-order chi connectivity index (χ0) is 14.3. The van der Waals surface area contributed by atoms with Crippen LogP contribution in [0.4, 0.5) is 4.39 Å². The summed E-state index contributed by atoms with van der Waals surface area (Å²) < 4.78 is 13.6. The van der Waals surface area contributed by atoms with E-state index in [4.69, 9.17) is 6.42 Å². The molecule has 1 rings (SSSR count). The van der Waals surface area contributed by atoms with Crippen LogP contribution in [0.3, 0.4) is 0 Å². The Morgan fingerprint density at radius 2 is 1.89 bits per heavy atom. The van der Waals surface area contributed by atoms with Crippen molar-refractivity contribution in [1.82, 2.24) is 0 Å². The minimum absolute atomic E-state index is 0.317. The molecule has 0 aliphatic carbocycles. The highest BCUT2D eigenvalue weighted by atomic mass is 19.1. The Morgan fingerprint density at radius 3 is 2.28 bits per heavy atom. The van der Waals surface area contributed by atoms with Gasteiger partial charge in [0.2, 0.25) is 0 Å². The molecule has 0 atom stereocenters. The summed E-state index contributed by atoms with van der Waals surface area (Å²) >= 11 is 0. The Labute approximate surface area is 110 Å². The first-order chi connectivity index (χ1) is 8.52. The highest BCUT2D eigenvalue weighted by molar-refractivity contribution is 5.52. The van der Waals surface area contributed by atoms with Gasteiger partial charge in [-0.2, -0.15) is 0 Å². The van der Waals surface area contributed by atoms with E-state index >= 15 is 0 Å². The topological polar surface area (TPSA) is 0 Å². The third-order valence-corrected chi connectivity index (χ3v) is 2.90. The van der Waals surface area contributed by atoms with E-state index in [9.17, 15) is 4.39 Å². The van der Waals surface area contributed by atoms with E-state index in [1.807, 2.05) is 33.8 Å². The fraction of sp³-hybridized carbons (Fsp3) is 0.412. The average Bonchev–Trinajstić information content (AvgIpc) is 2.39. The summed E-state index contributed by atoms with van der Waals surface area (Å²) in [7, 11) is 0. The van der Waals surface area contributed by atoms with Gasteiger partial charge in [-0.3, -0.25) is 0 Å². The summed E-state index contributed by atoms with van der Waals surface area (Å²) in [5.41, 5.74) is 1.50. The first-order valence-corrected chi connectivity index (χ1v) is 6.45. The Bertz CT molecular complexity index is 542. The van der Waals surface area contributed by atoms with Crippen LogP contribution in [0.15, 0.2) is 12.1 Å². The molecule has 0 radical (unpaired) electrons. The lowest BCUT2D eigenvalue weighted by atomic mass is 9.97. The van der Waals surface area contributed by atoms with Crippen LogP contribution in [0, 0.1) is 24.1 Å². The molecule has 0 aromatic heterocycles. The molecular formula is C17H23F. The summed E-state index contributed by atoms with van der Waals surface area (Å²) in [5, 5.41) is 1.88. The number of benzene rings is 1. The number of terminal acetylenes is 1. The molecule has 1 aromatic rings. The van der Waals surface area contributed by atoms with Crippen molar-refractivity contribution in [3.8, 4) is 12.3 Å². The summed E-state index contributed by atoms with van der Waals surface area (Å²) in [4.78, 5) is 0. The molecule has 1 aromatic carbocycles. The Kier molecular flexibility index (Phi) is 7.05. The van der Waals surface area contributed by atoms with Crippen molar-refractivity contribution in [3.63, 3.8) is 0 Å². The molecule has 0 unspecified atom stereocenters. The second kappa shape index (κ2) is 7.71. The van der Waals surface area contributed by atoms with Gasteiger partial charge in [0.25, 0.3) is 0 Å². The molecule has 98 valence electrons. The summed E-state index contributed by atoms with van der Waals surface area (Å²) in [6, 6.07) is 3.21. The fourth-order valence-electron chi connectivity index (χ4n) is 1.69. The lowest BCUT2D eigenvalue weighted by Crippen LogP contribution is -2.31. The van der Waals surface area contributed by atoms with Gasteiger partial charge in [-0.15, -0.1) is 6.42 Å². The summed E-state index contributed by atoms with van der Waals surface area (Å²) in [5.74, 6) is 2.50. The van der Waals surface area contributed by atoms with Crippen LogP contribution in [0.5, 0.6) is 0 Å². The van der Waals surface area contributed by atoms with Crippen molar-refractivity contribution in [2.45, 2.75) is 41.5 Å². The van der Waals surface area contributed by atoms with Crippen molar-refractivity contribution in [1.29, 1.82) is 0 Å². The van der Waals surface area contributed by atoms with Crippen molar-refractivity contribution in [2.24, 2.45) is 5.92 Å². The quantitative estimate of drug-likeness (QED) is 0.666. The second-order valence-corrected chi connectivity index (χ2v) is 4.16. The molecule has 0 fully saturated rings. The Hall–Kier alpha value is -1.55. The van der Waals surface area contributed by atoms with Crippen LogP contribution < -0.4 is 10.4 Å². The van der Waals surface area contributed by atoms with Crippen LogP contribution in [-0.2, 0) is 0 Å². The molecule has 1 heteroatoms. The molecule has 0 nitrogen and oxygen atoms in total. The zero-order valence-corrected chi connectivity index (χ0v) is 12.3. The number of halogens is 1. The predicted molar refractivity (Wildman–Crippen MR) is 79.0 cm³/mol. The Morgan fingerprint density at radius 1 is 1.33 bits per heavy atom. The lowest BCUT2D eigenvalue weighted by Gasteiger charge is -2.08.